The van der Waals surface area contributed by atoms with Gasteiger partial charge in [-0.25, -0.2) is 9.59 Å². The van der Waals surface area contributed by atoms with Crippen molar-refractivity contribution in [3.05, 3.63) is 23.8 Å². The molecule has 0 atom stereocenters. The van der Waals surface area contributed by atoms with Crippen LogP contribution in [0.25, 0.3) is 0 Å². The third-order valence-corrected chi connectivity index (χ3v) is 5.24. The first-order valence-corrected chi connectivity index (χ1v) is 9.97. The zero-order valence-corrected chi connectivity index (χ0v) is 19.2. The highest BCUT2D eigenvalue weighted by Gasteiger charge is 2.52. The number of ether oxygens (including phenoxy) is 2. The van der Waals surface area contributed by atoms with Crippen LogP contribution in [0.2, 0.25) is 0 Å². The van der Waals surface area contributed by atoms with Gasteiger partial charge in [0.05, 0.1) is 38.9 Å². The summed E-state index contributed by atoms with van der Waals surface area (Å²) < 4.78 is 113. The zero-order chi connectivity index (χ0) is 33.6. The molecule has 0 spiro atoms. The molecule has 2 aliphatic heterocycles. The van der Waals surface area contributed by atoms with E-state index >= 15 is 0 Å². The maximum Gasteiger partial charge on any atom is 0.495 e. The minimum atomic E-state index is -3.53. The van der Waals surface area contributed by atoms with Crippen molar-refractivity contribution in [1.82, 2.24) is 4.90 Å². The topological polar surface area (TPSA) is 77.5 Å². The molecule has 0 N–H and O–H groups in total. The number of benzene rings is 1. The standard InChI is InChI=1S/C23H35BN2O6/c1-21(2,3)30-20(28)26-13-11-25(12-14-26)16-9-10-17(19(27)29-8)18(15-16)24-31-22(4,5)23(6,7)32-24/h9-10,15H,11-14H2,1-8H3/i8D3,11D2,12D2,13D2,14D2. The van der Waals surface area contributed by atoms with Gasteiger partial charge in [-0.3, -0.25) is 0 Å². The number of methoxy groups -OCH3 is 1. The van der Waals surface area contributed by atoms with E-state index in [4.69, 9.17) is 29.1 Å². The third kappa shape index (κ3) is 5.04. The lowest BCUT2D eigenvalue weighted by Crippen LogP contribution is -2.50. The van der Waals surface area contributed by atoms with Gasteiger partial charge in [-0.2, -0.15) is 0 Å². The van der Waals surface area contributed by atoms with Crippen LogP contribution in [0.15, 0.2) is 18.2 Å². The first-order valence-electron chi connectivity index (χ1n) is 15.5. The number of hydrogen-bond donors (Lipinski definition) is 0. The fourth-order valence-electron chi connectivity index (χ4n) is 2.88. The first-order chi connectivity index (χ1) is 18.9. The van der Waals surface area contributed by atoms with Crippen LogP contribution in [0.5, 0.6) is 0 Å². The van der Waals surface area contributed by atoms with E-state index in [-0.39, 0.29) is 15.3 Å². The second-order valence-corrected chi connectivity index (χ2v) is 9.35. The number of carbonyl (C=O) groups is 2. The van der Waals surface area contributed by atoms with Gasteiger partial charge in [-0.05, 0) is 72.1 Å². The SMILES string of the molecule is [2H]C([2H])([2H])OC(=O)c1ccc(N2C([2H])([2H])C([2H])([2H])N(C(=O)OC(C)(C)C)C([2H])([2H])C2([2H])[2H])cc1B1OC(C)(C)C(C)(C)O1. The molecule has 0 saturated carbocycles. The Bertz CT molecular complexity index is 1250. The summed E-state index contributed by atoms with van der Waals surface area (Å²) in [6, 6.07) is 2.96. The van der Waals surface area contributed by atoms with Crippen molar-refractivity contribution in [3.8, 4) is 0 Å². The second-order valence-electron chi connectivity index (χ2n) is 9.35. The van der Waals surface area contributed by atoms with Gasteiger partial charge in [0.15, 0.2) is 0 Å². The van der Waals surface area contributed by atoms with E-state index in [0.717, 1.165) is 18.2 Å². The van der Waals surface area contributed by atoms with Crippen LogP contribution >= 0.6 is 0 Å². The Hall–Kier alpha value is -2.26. The average Bonchev–Trinajstić information content (AvgIpc) is 2.96. The highest BCUT2D eigenvalue weighted by atomic mass is 16.7. The summed E-state index contributed by atoms with van der Waals surface area (Å²) >= 11 is 0. The molecule has 3 rings (SSSR count). The summed E-state index contributed by atoms with van der Waals surface area (Å²) in [4.78, 5) is 25.8. The van der Waals surface area contributed by atoms with Gasteiger partial charge in [-0.15, -0.1) is 0 Å². The van der Waals surface area contributed by atoms with Crippen molar-refractivity contribution >= 4 is 30.3 Å². The summed E-state index contributed by atoms with van der Waals surface area (Å²) in [5.41, 5.74) is -4.30. The van der Waals surface area contributed by atoms with Crippen molar-refractivity contribution in [1.29, 1.82) is 0 Å². The van der Waals surface area contributed by atoms with Gasteiger partial charge < -0.3 is 28.6 Å². The number of hydrogen-bond acceptors (Lipinski definition) is 7. The maximum atomic E-state index is 13.0. The number of amides is 1. The minimum absolute atomic E-state index is 0.175. The molecule has 0 aliphatic carbocycles. The van der Waals surface area contributed by atoms with E-state index in [0.29, 0.717) is 0 Å². The molecule has 2 fully saturated rings. The van der Waals surface area contributed by atoms with E-state index in [1.165, 1.54) is 20.8 Å². The molecule has 0 unspecified atom stereocenters. The molecule has 2 heterocycles. The Kier molecular flexibility index (Phi) is 3.61. The van der Waals surface area contributed by atoms with Crippen molar-refractivity contribution in [3.63, 3.8) is 0 Å². The lowest BCUT2D eigenvalue weighted by molar-refractivity contribution is 0.00578. The van der Waals surface area contributed by atoms with E-state index in [1.807, 2.05) is 0 Å². The normalized spacial score (nSPS) is 32.1. The Labute approximate surface area is 206 Å². The van der Waals surface area contributed by atoms with Crippen molar-refractivity contribution in [2.45, 2.75) is 65.3 Å². The van der Waals surface area contributed by atoms with Gasteiger partial charge in [0, 0.05) is 31.7 Å². The van der Waals surface area contributed by atoms with Crippen molar-refractivity contribution < 1.29 is 43.4 Å². The largest absolute Gasteiger partial charge is 0.495 e. The summed E-state index contributed by atoms with van der Waals surface area (Å²) in [6.45, 7) is -2.98. The number of rotatable bonds is 3. The summed E-state index contributed by atoms with van der Waals surface area (Å²) in [7, 11) is -4.53. The van der Waals surface area contributed by atoms with Crippen LogP contribution in [0, 0.1) is 0 Å². The number of piperazine rings is 1. The van der Waals surface area contributed by atoms with Crippen LogP contribution in [0.3, 0.4) is 0 Å². The van der Waals surface area contributed by atoms with E-state index < -0.39 is 80.3 Å². The first kappa shape index (κ1) is 13.5. The zero-order valence-electron chi connectivity index (χ0n) is 30.2. The summed E-state index contributed by atoms with van der Waals surface area (Å²) in [6.07, 6.45) is -1.63. The highest BCUT2D eigenvalue weighted by Crippen LogP contribution is 2.37. The van der Waals surface area contributed by atoms with Gasteiger partial charge >= 0.3 is 19.2 Å². The van der Waals surface area contributed by atoms with E-state index in [9.17, 15) is 9.59 Å². The van der Waals surface area contributed by atoms with E-state index in [1.54, 1.807) is 27.7 Å². The Morgan fingerprint density at radius 3 is 2.22 bits per heavy atom. The molecule has 0 radical (unpaired) electrons. The predicted molar refractivity (Wildman–Crippen MR) is 124 cm³/mol. The smallest absolute Gasteiger partial charge is 0.465 e. The lowest BCUT2D eigenvalue weighted by Gasteiger charge is -2.37. The number of anilines is 1. The molecule has 2 aliphatic rings. The maximum absolute atomic E-state index is 13.0. The van der Waals surface area contributed by atoms with Crippen LogP contribution in [-0.4, -0.2) is 73.9 Å². The van der Waals surface area contributed by atoms with Crippen LogP contribution < -0.4 is 10.4 Å². The van der Waals surface area contributed by atoms with E-state index in [2.05, 4.69) is 4.74 Å². The summed E-state index contributed by atoms with van der Waals surface area (Å²) in [5.74, 6) is -1.33. The Morgan fingerprint density at radius 2 is 1.69 bits per heavy atom. The highest BCUT2D eigenvalue weighted by molar-refractivity contribution is 6.63. The fourth-order valence-corrected chi connectivity index (χ4v) is 2.88. The molecule has 1 amide bonds. The lowest BCUT2D eigenvalue weighted by atomic mass is 9.75. The van der Waals surface area contributed by atoms with Crippen LogP contribution in [0.4, 0.5) is 10.5 Å². The number of nitrogens with zero attached hydrogens (tertiary/aromatic N) is 2. The average molecular weight is 457 g/mol. The molecule has 32 heavy (non-hydrogen) atoms. The fraction of sp³-hybridized carbons (Fsp3) is 0.652. The third-order valence-electron chi connectivity index (χ3n) is 5.24. The van der Waals surface area contributed by atoms with Crippen LogP contribution in [-0.2, 0) is 18.8 Å². The van der Waals surface area contributed by atoms with Gasteiger partial charge in [0.1, 0.15) is 5.60 Å². The number of carbonyl (C=O) groups excluding carboxylic acids is 2. The second kappa shape index (κ2) is 8.59. The molecule has 2 saturated heterocycles. The number of esters is 1. The molecular weight excluding hydrogens is 411 g/mol. The Balaban J connectivity index is 2.26. The Morgan fingerprint density at radius 1 is 1.09 bits per heavy atom. The molecule has 1 aromatic carbocycles. The van der Waals surface area contributed by atoms with Crippen LogP contribution in [0.1, 0.15) is 73.9 Å². The van der Waals surface area contributed by atoms with Gasteiger partial charge in [0.2, 0.25) is 0 Å². The molecule has 1 aromatic rings. The minimum Gasteiger partial charge on any atom is -0.465 e. The van der Waals surface area contributed by atoms with Crippen molar-refractivity contribution in [2.24, 2.45) is 0 Å². The quantitative estimate of drug-likeness (QED) is 0.510. The van der Waals surface area contributed by atoms with Crippen molar-refractivity contribution in [2.75, 3.05) is 37.9 Å². The monoisotopic (exact) mass is 457 g/mol. The molecule has 9 heteroatoms. The molecular formula is C23H35BN2O6. The molecule has 0 aromatic heterocycles. The molecule has 176 valence electrons. The van der Waals surface area contributed by atoms with Gasteiger partial charge in [-0.1, -0.05) is 0 Å². The molecule has 0 bridgehead atoms. The van der Waals surface area contributed by atoms with Gasteiger partial charge in [0.25, 0.3) is 0 Å². The molecule has 8 nitrogen and oxygen atoms in total. The predicted octanol–water partition coefficient (Wildman–Crippen LogP) is 2.83. The summed E-state index contributed by atoms with van der Waals surface area (Å²) in [5, 5.41) is 0.